The normalized spacial score (nSPS) is 13.8. The maximum absolute atomic E-state index is 11.6. The fourth-order valence-electron chi connectivity index (χ4n) is 1.83. The first-order valence-electron chi connectivity index (χ1n) is 5.66. The van der Waals surface area contributed by atoms with Crippen molar-refractivity contribution in [2.45, 2.75) is 6.92 Å². The summed E-state index contributed by atoms with van der Waals surface area (Å²) in [6, 6.07) is 7.56. The molecule has 19 heavy (non-hydrogen) atoms. The van der Waals surface area contributed by atoms with Gasteiger partial charge in [0.25, 0.3) is 0 Å². The molecule has 0 fully saturated rings. The topological polar surface area (TPSA) is 94.9 Å². The van der Waals surface area contributed by atoms with E-state index in [4.69, 9.17) is 10.9 Å². The molecule has 0 aliphatic rings. The van der Waals surface area contributed by atoms with Crippen molar-refractivity contribution in [3.05, 3.63) is 41.6 Å². The van der Waals surface area contributed by atoms with Crippen LogP contribution in [0.5, 0.6) is 0 Å². The summed E-state index contributed by atoms with van der Waals surface area (Å²) >= 11 is 0. The molecule has 5 nitrogen and oxygen atoms in total. The van der Waals surface area contributed by atoms with Crippen molar-refractivity contribution in [3.8, 4) is 11.3 Å². The number of nitrogens with zero attached hydrogens (tertiary/aromatic N) is 2. The molecule has 0 radical (unpaired) electrons. The SMILES string of the molecule is Cc1cc(C=S(C)(N)=O)cc(-c2ccnc(N)n2)c1. The Hall–Kier alpha value is -1.92. The summed E-state index contributed by atoms with van der Waals surface area (Å²) in [6.45, 7) is 1.96. The second kappa shape index (κ2) is 4.99. The fraction of sp³-hybridized carbons (Fsp3) is 0.154. The van der Waals surface area contributed by atoms with Gasteiger partial charge in [-0.3, -0.25) is 9.35 Å². The van der Waals surface area contributed by atoms with E-state index in [2.05, 4.69) is 9.97 Å². The second-order valence-electron chi connectivity index (χ2n) is 4.52. The molecule has 0 bridgehead atoms. The highest BCUT2D eigenvalue weighted by molar-refractivity contribution is 7.98. The number of nitrogen functional groups attached to an aromatic ring is 1. The van der Waals surface area contributed by atoms with Crippen LogP contribution in [0.1, 0.15) is 11.1 Å². The van der Waals surface area contributed by atoms with Gasteiger partial charge >= 0.3 is 0 Å². The zero-order chi connectivity index (χ0) is 14.0. The van der Waals surface area contributed by atoms with E-state index in [0.717, 1.165) is 22.4 Å². The van der Waals surface area contributed by atoms with E-state index in [1.807, 2.05) is 25.1 Å². The molecule has 6 heteroatoms. The van der Waals surface area contributed by atoms with Crippen LogP contribution in [0.15, 0.2) is 30.5 Å². The minimum Gasteiger partial charge on any atom is -0.368 e. The average molecular weight is 276 g/mol. The van der Waals surface area contributed by atoms with Crippen LogP contribution >= 0.6 is 0 Å². The summed E-state index contributed by atoms with van der Waals surface area (Å²) in [5, 5.41) is 7.12. The molecule has 0 aliphatic heterocycles. The first-order chi connectivity index (χ1) is 8.83. The van der Waals surface area contributed by atoms with Gasteiger partial charge in [0, 0.05) is 33.1 Å². The number of aromatic nitrogens is 2. The van der Waals surface area contributed by atoms with Gasteiger partial charge in [-0.1, -0.05) is 6.07 Å². The van der Waals surface area contributed by atoms with Crippen LogP contribution in [-0.4, -0.2) is 25.8 Å². The minimum atomic E-state index is -2.43. The van der Waals surface area contributed by atoms with Crippen LogP contribution in [0.3, 0.4) is 0 Å². The maximum atomic E-state index is 11.6. The maximum Gasteiger partial charge on any atom is 0.220 e. The Labute approximate surface area is 112 Å². The number of hydrogen-bond acceptors (Lipinski definition) is 4. The van der Waals surface area contributed by atoms with Crippen molar-refractivity contribution < 1.29 is 4.21 Å². The first kappa shape index (κ1) is 13.5. The molecular formula is C13H16N4OS. The molecule has 0 saturated carbocycles. The number of aryl methyl sites for hydroxylation is 1. The number of nitrogens with two attached hydrogens (primary N) is 2. The molecule has 100 valence electrons. The highest BCUT2D eigenvalue weighted by atomic mass is 32.2. The number of benzene rings is 1. The third-order valence-electron chi connectivity index (χ3n) is 2.44. The van der Waals surface area contributed by atoms with E-state index in [9.17, 15) is 4.21 Å². The molecule has 0 aliphatic carbocycles. The minimum absolute atomic E-state index is 0.225. The summed E-state index contributed by atoms with van der Waals surface area (Å²) in [5.41, 5.74) is 9.04. The molecule has 1 unspecified atom stereocenters. The summed E-state index contributed by atoms with van der Waals surface area (Å²) in [6.07, 6.45) is 3.10. The van der Waals surface area contributed by atoms with Gasteiger partial charge in [-0.25, -0.2) is 9.97 Å². The summed E-state index contributed by atoms with van der Waals surface area (Å²) < 4.78 is 11.6. The molecule has 2 aromatic rings. The van der Waals surface area contributed by atoms with E-state index in [1.54, 1.807) is 17.6 Å². The van der Waals surface area contributed by atoms with Crippen molar-refractivity contribution in [1.29, 1.82) is 0 Å². The van der Waals surface area contributed by atoms with Crippen molar-refractivity contribution in [2.75, 3.05) is 12.0 Å². The molecule has 2 rings (SSSR count). The van der Waals surface area contributed by atoms with Crippen molar-refractivity contribution in [2.24, 2.45) is 5.14 Å². The first-order valence-corrected chi connectivity index (χ1v) is 7.75. The molecular weight excluding hydrogens is 260 g/mol. The zero-order valence-corrected chi connectivity index (χ0v) is 11.6. The Morgan fingerprint density at radius 2 is 2.05 bits per heavy atom. The highest BCUT2D eigenvalue weighted by Crippen LogP contribution is 2.20. The van der Waals surface area contributed by atoms with E-state index in [-0.39, 0.29) is 5.95 Å². The summed E-state index contributed by atoms with van der Waals surface area (Å²) in [7, 11) is -2.43. The summed E-state index contributed by atoms with van der Waals surface area (Å²) in [4.78, 5) is 8.03. The predicted molar refractivity (Wildman–Crippen MR) is 80.0 cm³/mol. The Kier molecular flexibility index (Phi) is 3.55. The van der Waals surface area contributed by atoms with Crippen LogP contribution < -0.4 is 10.9 Å². The molecule has 0 spiro atoms. The van der Waals surface area contributed by atoms with Crippen LogP contribution in [0.2, 0.25) is 0 Å². The number of anilines is 1. The van der Waals surface area contributed by atoms with E-state index in [1.165, 1.54) is 6.26 Å². The lowest BCUT2D eigenvalue weighted by Gasteiger charge is -2.06. The third kappa shape index (κ3) is 3.77. The lowest BCUT2D eigenvalue weighted by molar-refractivity contribution is 0.686. The molecule has 1 aromatic carbocycles. The highest BCUT2D eigenvalue weighted by Gasteiger charge is 2.04. The third-order valence-corrected chi connectivity index (χ3v) is 3.18. The van der Waals surface area contributed by atoms with E-state index in [0.29, 0.717) is 0 Å². The van der Waals surface area contributed by atoms with Crippen LogP contribution in [0.4, 0.5) is 5.95 Å². The van der Waals surface area contributed by atoms with Crippen molar-refractivity contribution in [1.82, 2.24) is 9.97 Å². The second-order valence-corrected chi connectivity index (χ2v) is 6.69. The van der Waals surface area contributed by atoms with Gasteiger partial charge in [-0.05, 0) is 36.2 Å². The van der Waals surface area contributed by atoms with Crippen LogP contribution in [-0.2, 0) is 9.71 Å². The lowest BCUT2D eigenvalue weighted by atomic mass is 10.1. The molecule has 1 atom stereocenters. The zero-order valence-electron chi connectivity index (χ0n) is 10.8. The lowest BCUT2D eigenvalue weighted by Crippen LogP contribution is -2.13. The van der Waals surface area contributed by atoms with Crippen LogP contribution in [0, 0.1) is 6.92 Å². The summed E-state index contributed by atoms with van der Waals surface area (Å²) in [5.74, 6) is 0.225. The molecule has 0 amide bonds. The Morgan fingerprint density at radius 3 is 2.68 bits per heavy atom. The van der Waals surface area contributed by atoms with Gasteiger partial charge in [0.1, 0.15) is 0 Å². The standard InChI is InChI=1S/C13H16N4OS/c1-9-5-10(8-19(2,15)18)7-11(6-9)12-3-4-16-13(14)17-12/h3-8H,1-2H3,(H2,15,18)(H2,14,16,17). The van der Waals surface area contributed by atoms with Gasteiger partial charge in [-0.2, -0.15) is 0 Å². The number of rotatable bonds is 2. The Bertz CT molecular complexity index is 725. The fourth-order valence-corrected chi connectivity index (χ4v) is 2.51. The van der Waals surface area contributed by atoms with Gasteiger partial charge in [0.2, 0.25) is 5.95 Å². The van der Waals surface area contributed by atoms with Gasteiger partial charge < -0.3 is 5.73 Å². The average Bonchev–Trinajstić information content (AvgIpc) is 2.25. The Morgan fingerprint density at radius 1 is 1.32 bits per heavy atom. The smallest absolute Gasteiger partial charge is 0.220 e. The van der Waals surface area contributed by atoms with E-state index < -0.39 is 9.71 Å². The molecule has 4 N–H and O–H groups in total. The predicted octanol–water partition coefficient (Wildman–Crippen LogP) is 0.972. The monoisotopic (exact) mass is 276 g/mol. The largest absolute Gasteiger partial charge is 0.368 e. The van der Waals surface area contributed by atoms with Gasteiger partial charge in [-0.15, -0.1) is 0 Å². The van der Waals surface area contributed by atoms with Gasteiger partial charge in [0.05, 0.1) is 5.69 Å². The van der Waals surface area contributed by atoms with E-state index >= 15 is 0 Å². The molecule has 0 saturated heterocycles. The van der Waals surface area contributed by atoms with Crippen LogP contribution in [0.25, 0.3) is 11.3 Å². The van der Waals surface area contributed by atoms with Crippen molar-refractivity contribution >= 4 is 21.0 Å². The van der Waals surface area contributed by atoms with Crippen molar-refractivity contribution in [3.63, 3.8) is 0 Å². The quantitative estimate of drug-likeness (QED) is 0.799. The van der Waals surface area contributed by atoms with Gasteiger partial charge in [0.15, 0.2) is 0 Å². The molecule has 1 heterocycles. The molecule has 1 aromatic heterocycles. The number of hydrogen-bond donors (Lipinski definition) is 2. The Balaban J connectivity index is 2.57.